The molecule has 0 aliphatic heterocycles. The van der Waals surface area contributed by atoms with E-state index in [4.69, 9.17) is 5.73 Å². The Kier molecular flexibility index (Phi) is 5.57. The van der Waals surface area contributed by atoms with Gasteiger partial charge in [0.05, 0.1) is 13.5 Å². The molecular formula is C13H22N4O4. The normalized spacial score (nSPS) is 10.7. The zero-order valence-electron chi connectivity index (χ0n) is 12.8. The average molecular weight is 298 g/mol. The molecule has 1 aromatic rings. The van der Waals surface area contributed by atoms with Gasteiger partial charge in [-0.3, -0.25) is 18.7 Å². The number of nitrogens with two attached hydrogens (primary N) is 1. The summed E-state index contributed by atoms with van der Waals surface area (Å²) < 4.78 is 6.87. The Morgan fingerprint density at radius 2 is 2.00 bits per heavy atom. The highest BCUT2D eigenvalue weighted by Gasteiger charge is 2.16. The number of esters is 1. The number of hydrogen-bond donors (Lipinski definition) is 2. The van der Waals surface area contributed by atoms with Gasteiger partial charge in [-0.2, -0.15) is 0 Å². The number of nitrogens with zero attached hydrogens (tertiary/aromatic N) is 2. The Bertz CT molecular complexity index is 630. The Labute approximate surface area is 122 Å². The lowest BCUT2D eigenvalue weighted by atomic mass is 10.2. The molecule has 118 valence electrons. The van der Waals surface area contributed by atoms with Gasteiger partial charge in [0.1, 0.15) is 11.5 Å². The first-order chi connectivity index (χ1) is 9.79. The zero-order chi connectivity index (χ0) is 16.2. The third-order valence-electron chi connectivity index (χ3n) is 2.99. The van der Waals surface area contributed by atoms with Crippen LogP contribution in [-0.4, -0.2) is 28.8 Å². The van der Waals surface area contributed by atoms with Crippen molar-refractivity contribution < 1.29 is 9.53 Å². The van der Waals surface area contributed by atoms with Crippen LogP contribution in [0.15, 0.2) is 9.59 Å². The molecule has 0 unspecified atom stereocenters. The Balaban J connectivity index is 3.14. The number of rotatable bonds is 6. The molecule has 0 bridgehead atoms. The second kappa shape index (κ2) is 6.96. The van der Waals surface area contributed by atoms with Crippen LogP contribution in [0.3, 0.4) is 0 Å². The maximum absolute atomic E-state index is 12.1. The minimum Gasteiger partial charge on any atom is -0.469 e. The quantitative estimate of drug-likeness (QED) is 0.702. The van der Waals surface area contributed by atoms with Crippen LogP contribution in [0.25, 0.3) is 0 Å². The van der Waals surface area contributed by atoms with E-state index in [9.17, 15) is 14.4 Å². The molecule has 8 nitrogen and oxygen atoms in total. The van der Waals surface area contributed by atoms with Crippen LogP contribution in [0, 0.1) is 5.92 Å². The van der Waals surface area contributed by atoms with E-state index in [0.29, 0.717) is 6.54 Å². The fourth-order valence-electron chi connectivity index (χ4n) is 1.88. The lowest BCUT2D eigenvalue weighted by Crippen LogP contribution is -2.41. The van der Waals surface area contributed by atoms with E-state index in [1.807, 2.05) is 13.8 Å². The predicted molar refractivity (Wildman–Crippen MR) is 80.3 cm³/mol. The van der Waals surface area contributed by atoms with Crippen molar-refractivity contribution in [1.82, 2.24) is 9.13 Å². The number of anilines is 2. The summed E-state index contributed by atoms with van der Waals surface area (Å²) in [5, 5.41) is 2.81. The van der Waals surface area contributed by atoms with Gasteiger partial charge in [-0.1, -0.05) is 13.8 Å². The van der Waals surface area contributed by atoms with E-state index >= 15 is 0 Å². The van der Waals surface area contributed by atoms with Gasteiger partial charge in [0.2, 0.25) is 0 Å². The molecule has 0 aliphatic rings. The molecule has 0 saturated carbocycles. The average Bonchev–Trinajstić information content (AvgIpc) is 2.44. The number of ether oxygens (including phenoxy) is 1. The van der Waals surface area contributed by atoms with Gasteiger partial charge in [0.25, 0.3) is 5.56 Å². The maximum atomic E-state index is 12.1. The van der Waals surface area contributed by atoms with Gasteiger partial charge >= 0.3 is 11.7 Å². The van der Waals surface area contributed by atoms with Gasteiger partial charge < -0.3 is 15.8 Å². The molecule has 0 saturated heterocycles. The third kappa shape index (κ3) is 3.87. The highest BCUT2D eigenvalue weighted by molar-refractivity contribution is 5.70. The van der Waals surface area contributed by atoms with Crippen LogP contribution in [0.2, 0.25) is 0 Å². The standard InChI is InChI=1S/C13H22N4O4/c1-8(2)7-17-11(14)10(12(19)16(3)13(17)20)15-6-5-9(18)21-4/h8,15H,5-7,14H2,1-4H3. The number of nitrogen functional groups attached to an aromatic ring is 1. The molecule has 0 radical (unpaired) electrons. The summed E-state index contributed by atoms with van der Waals surface area (Å²) in [5.74, 6) is -0.111. The van der Waals surface area contributed by atoms with E-state index in [2.05, 4.69) is 10.1 Å². The van der Waals surface area contributed by atoms with Crippen molar-refractivity contribution in [2.75, 3.05) is 24.7 Å². The second-order valence-corrected chi connectivity index (χ2v) is 5.16. The fraction of sp³-hybridized carbons (Fsp3) is 0.615. The lowest BCUT2D eigenvalue weighted by molar-refractivity contribution is -0.140. The number of methoxy groups -OCH3 is 1. The largest absolute Gasteiger partial charge is 0.469 e. The molecule has 21 heavy (non-hydrogen) atoms. The van der Waals surface area contributed by atoms with Crippen molar-refractivity contribution in [3.63, 3.8) is 0 Å². The predicted octanol–water partition coefficient (Wildman–Crippen LogP) is -0.240. The number of carbonyl (C=O) groups is 1. The van der Waals surface area contributed by atoms with Crippen molar-refractivity contribution in [3.05, 3.63) is 20.8 Å². The van der Waals surface area contributed by atoms with Crippen molar-refractivity contribution in [2.24, 2.45) is 13.0 Å². The van der Waals surface area contributed by atoms with E-state index in [-0.39, 0.29) is 30.4 Å². The SMILES string of the molecule is COC(=O)CCNc1c(N)n(CC(C)C)c(=O)n(C)c1=O. The highest BCUT2D eigenvalue weighted by atomic mass is 16.5. The summed E-state index contributed by atoms with van der Waals surface area (Å²) in [6.07, 6.45) is 0.0996. The summed E-state index contributed by atoms with van der Waals surface area (Å²) in [6.45, 7) is 4.50. The van der Waals surface area contributed by atoms with Crippen LogP contribution < -0.4 is 22.3 Å². The summed E-state index contributed by atoms with van der Waals surface area (Å²) in [6, 6.07) is 0. The van der Waals surface area contributed by atoms with E-state index < -0.39 is 17.2 Å². The molecule has 0 fully saturated rings. The second-order valence-electron chi connectivity index (χ2n) is 5.16. The lowest BCUT2D eigenvalue weighted by Gasteiger charge is -2.17. The first kappa shape index (κ1) is 16.8. The number of hydrogen-bond acceptors (Lipinski definition) is 6. The third-order valence-corrected chi connectivity index (χ3v) is 2.99. The van der Waals surface area contributed by atoms with Crippen LogP contribution in [0.1, 0.15) is 20.3 Å². The molecule has 1 rings (SSSR count). The minimum absolute atomic E-state index is 0.0849. The van der Waals surface area contributed by atoms with Gasteiger partial charge in [0.15, 0.2) is 0 Å². The van der Waals surface area contributed by atoms with Crippen molar-refractivity contribution in [2.45, 2.75) is 26.8 Å². The first-order valence-corrected chi connectivity index (χ1v) is 6.69. The smallest absolute Gasteiger partial charge is 0.332 e. The van der Waals surface area contributed by atoms with Crippen molar-refractivity contribution in [3.8, 4) is 0 Å². The van der Waals surface area contributed by atoms with Gasteiger partial charge in [0, 0.05) is 20.1 Å². The molecule has 0 spiro atoms. The molecule has 1 aromatic heterocycles. The molecule has 3 N–H and O–H groups in total. The number of carbonyl (C=O) groups excluding carboxylic acids is 1. The van der Waals surface area contributed by atoms with Crippen LogP contribution in [0.5, 0.6) is 0 Å². The Morgan fingerprint density at radius 1 is 1.38 bits per heavy atom. The fourth-order valence-corrected chi connectivity index (χ4v) is 1.88. The van der Waals surface area contributed by atoms with Crippen molar-refractivity contribution >= 4 is 17.5 Å². The molecular weight excluding hydrogens is 276 g/mol. The maximum Gasteiger partial charge on any atom is 0.332 e. The summed E-state index contributed by atoms with van der Waals surface area (Å²) >= 11 is 0. The minimum atomic E-state index is -0.512. The molecule has 0 amide bonds. The van der Waals surface area contributed by atoms with Gasteiger partial charge in [-0.15, -0.1) is 0 Å². The van der Waals surface area contributed by atoms with E-state index in [1.54, 1.807) is 0 Å². The van der Waals surface area contributed by atoms with Crippen molar-refractivity contribution in [1.29, 1.82) is 0 Å². The van der Waals surface area contributed by atoms with Crippen LogP contribution in [-0.2, 0) is 23.1 Å². The molecule has 0 aliphatic carbocycles. The number of nitrogens with one attached hydrogen (secondary N) is 1. The van der Waals surface area contributed by atoms with E-state index in [1.165, 1.54) is 18.7 Å². The molecule has 8 heteroatoms. The van der Waals surface area contributed by atoms with Gasteiger partial charge in [-0.05, 0) is 5.92 Å². The summed E-state index contributed by atoms with van der Waals surface area (Å²) in [7, 11) is 2.69. The monoisotopic (exact) mass is 298 g/mol. The summed E-state index contributed by atoms with van der Waals surface area (Å²) in [4.78, 5) is 35.2. The highest BCUT2D eigenvalue weighted by Crippen LogP contribution is 2.12. The first-order valence-electron chi connectivity index (χ1n) is 6.69. The Hall–Kier alpha value is -2.25. The zero-order valence-corrected chi connectivity index (χ0v) is 12.8. The molecule has 0 atom stereocenters. The number of aromatic nitrogens is 2. The van der Waals surface area contributed by atoms with Gasteiger partial charge in [-0.25, -0.2) is 4.79 Å². The molecule has 0 aromatic carbocycles. The van der Waals surface area contributed by atoms with Crippen LogP contribution in [0.4, 0.5) is 11.5 Å². The van der Waals surface area contributed by atoms with E-state index in [0.717, 1.165) is 4.57 Å². The summed E-state index contributed by atoms with van der Waals surface area (Å²) in [5.41, 5.74) is 5.08. The van der Waals surface area contributed by atoms with Crippen LogP contribution >= 0.6 is 0 Å². The Morgan fingerprint density at radius 3 is 2.52 bits per heavy atom. The molecule has 1 heterocycles. The topological polar surface area (TPSA) is 108 Å².